The van der Waals surface area contributed by atoms with Crippen LogP contribution in [0, 0.1) is 0 Å². The van der Waals surface area contributed by atoms with Crippen molar-refractivity contribution in [2.75, 3.05) is 31.6 Å². The summed E-state index contributed by atoms with van der Waals surface area (Å²) in [7, 11) is 0. The molecule has 0 unspecified atom stereocenters. The normalized spacial score (nSPS) is 25.4. The second-order valence-corrected chi connectivity index (χ2v) is 8.01. The van der Waals surface area contributed by atoms with Crippen molar-refractivity contribution in [1.82, 2.24) is 15.2 Å². The minimum atomic E-state index is -0.568. The van der Waals surface area contributed by atoms with Gasteiger partial charge >= 0.3 is 0 Å². The van der Waals surface area contributed by atoms with Gasteiger partial charge in [-0.25, -0.2) is 4.98 Å². The Bertz CT molecular complexity index is 661. The van der Waals surface area contributed by atoms with Crippen LogP contribution in [-0.4, -0.2) is 71.3 Å². The van der Waals surface area contributed by atoms with Crippen molar-refractivity contribution in [3.05, 3.63) is 23.7 Å². The van der Waals surface area contributed by atoms with Gasteiger partial charge in [0.25, 0.3) is 0 Å². The molecule has 0 aromatic carbocycles. The van der Waals surface area contributed by atoms with Crippen molar-refractivity contribution in [2.24, 2.45) is 0 Å². The Morgan fingerprint density at radius 2 is 2.07 bits per heavy atom. The number of rotatable bonds is 8. The molecule has 2 amide bonds. The average Bonchev–Trinajstić information content (AvgIpc) is 3.21. The number of ether oxygens (including phenoxy) is 1. The summed E-state index contributed by atoms with van der Waals surface area (Å²) in [5, 5.41) is 17.6. The number of thiazole rings is 1. The zero-order chi connectivity index (χ0) is 19.8. The molecular weight excluding hydrogens is 380 g/mol. The summed E-state index contributed by atoms with van der Waals surface area (Å²) in [6, 6.07) is -0.392. The lowest BCUT2D eigenvalue weighted by molar-refractivity contribution is -0.126. The molecule has 1 aromatic heterocycles. The van der Waals surface area contributed by atoms with E-state index < -0.39 is 18.2 Å². The summed E-state index contributed by atoms with van der Waals surface area (Å²) >= 11 is 1.35. The van der Waals surface area contributed by atoms with Crippen LogP contribution in [0.1, 0.15) is 32.1 Å². The number of anilines is 1. The lowest BCUT2D eigenvalue weighted by atomic mass is 10.0. The number of nitrogens with one attached hydrogen (secondary N) is 2. The largest absolute Gasteiger partial charge is 0.394 e. The lowest BCUT2D eigenvalue weighted by Crippen LogP contribution is -2.49. The van der Waals surface area contributed by atoms with Crippen molar-refractivity contribution in [3.63, 3.8) is 0 Å². The van der Waals surface area contributed by atoms with E-state index in [1.807, 2.05) is 6.08 Å². The number of nitrogens with zero attached hydrogens (tertiary/aromatic N) is 2. The monoisotopic (exact) mass is 408 g/mol. The molecule has 3 atom stereocenters. The maximum atomic E-state index is 12.3. The van der Waals surface area contributed by atoms with Gasteiger partial charge in [0.05, 0.1) is 25.2 Å². The van der Waals surface area contributed by atoms with Gasteiger partial charge in [0, 0.05) is 24.5 Å². The van der Waals surface area contributed by atoms with Crippen LogP contribution in [0.5, 0.6) is 0 Å². The van der Waals surface area contributed by atoms with Crippen LogP contribution in [0.2, 0.25) is 0 Å². The molecule has 1 aromatic rings. The molecule has 0 radical (unpaired) electrons. The van der Waals surface area contributed by atoms with Gasteiger partial charge in [0.2, 0.25) is 11.8 Å². The molecule has 2 aliphatic heterocycles. The standard InChI is InChI=1S/C19H28N4O4S/c24-13-16-15(21-17(25)6-10-23-8-2-1-3-9-23)5-4-14(27-16)12-18(26)22-19-20-7-11-28-19/h4-5,7,11,14-16,24H,1-3,6,8-10,12-13H2,(H,21,25)(H,20,22,26)/t14-,15-,16+/m1/s1. The fourth-order valence-electron chi connectivity index (χ4n) is 3.47. The fraction of sp³-hybridized carbons (Fsp3) is 0.632. The number of aliphatic hydroxyl groups excluding tert-OH is 1. The summed E-state index contributed by atoms with van der Waals surface area (Å²) in [5.41, 5.74) is 0. The number of piperidine rings is 1. The first kappa shape index (κ1) is 20.9. The van der Waals surface area contributed by atoms with Gasteiger partial charge in [-0.05, 0) is 25.9 Å². The number of amides is 2. The van der Waals surface area contributed by atoms with E-state index in [1.54, 1.807) is 17.7 Å². The second-order valence-electron chi connectivity index (χ2n) is 7.12. The van der Waals surface area contributed by atoms with Crippen molar-refractivity contribution in [2.45, 2.75) is 50.4 Å². The summed E-state index contributed by atoms with van der Waals surface area (Å²) in [5.74, 6) is -0.257. The zero-order valence-corrected chi connectivity index (χ0v) is 16.7. The molecule has 2 aliphatic rings. The Morgan fingerprint density at radius 1 is 1.25 bits per heavy atom. The van der Waals surface area contributed by atoms with E-state index in [4.69, 9.17) is 4.74 Å². The Labute approximate surface area is 169 Å². The van der Waals surface area contributed by atoms with E-state index >= 15 is 0 Å². The van der Waals surface area contributed by atoms with E-state index in [0.717, 1.165) is 19.6 Å². The number of likely N-dealkylation sites (tertiary alicyclic amines) is 1. The van der Waals surface area contributed by atoms with E-state index in [2.05, 4.69) is 20.5 Å². The molecule has 0 spiro atoms. The van der Waals surface area contributed by atoms with Crippen molar-refractivity contribution >= 4 is 28.3 Å². The average molecular weight is 409 g/mol. The maximum Gasteiger partial charge on any atom is 0.229 e. The highest BCUT2D eigenvalue weighted by atomic mass is 32.1. The van der Waals surface area contributed by atoms with Gasteiger partial charge in [-0.3, -0.25) is 9.59 Å². The van der Waals surface area contributed by atoms with Crippen molar-refractivity contribution < 1.29 is 19.4 Å². The fourth-order valence-corrected chi connectivity index (χ4v) is 4.02. The van der Waals surface area contributed by atoms with Crippen LogP contribution in [0.4, 0.5) is 5.13 Å². The summed E-state index contributed by atoms with van der Waals surface area (Å²) < 4.78 is 5.79. The molecule has 0 saturated carbocycles. The molecule has 0 bridgehead atoms. The van der Waals surface area contributed by atoms with E-state index in [9.17, 15) is 14.7 Å². The number of hydrogen-bond donors (Lipinski definition) is 3. The Hall–Kier alpha value is -1.81. The quantitative estimate of drug-likeness (QED) is 0.558. The van der Waals surface area contributed by atoms with Crippen LogP contribution in [0.15, 0.2) is 23.7 Å². The molecular formula is C19H28N4O4S. The third-order valence-corrected chi connectivity index (χ3v) is 5.65. The van der Waals surface area contributed by atoms with Gasteiger partial charge in [-0.2, -0.15) is 0 Å². The number of carbonyl (C=O) groups is 2. The highest BCUT2D eigenvalue weighted by Crippen LogP contribution is 2.18. The summed E-state index contributed by atoms with van der Waals surface area (Å²) in [4.78, 5) is 30.7. The third kappa shape index (κ3) is 6.37. The first-order valence-electron chi connectivity index (χ1n) is 9.80. The molecule has 3 heterocycles. The van der Waals surface area contributed by atoms with E-state index in [-0.39, 0.29) is 24.8 Å². The van der Waals surface area contributed by atoms with Crippen LogP contribution in [-0.2, 0) is 14.3 Å². The minimum Gasteiger partial charge on any atom is -0.394 e. The number of carbonyl (C=O) groups excluding carboxylic acids is 2. The van der Waals surface area contributed by atoms with Gasteiger partial charge < -0.3 is 25.4 Å². The molecule has 3 rings (SSSR count). The predicted molar refractivity (Wildman–Crippen MR) is 107 cm³/mol. The molecule has 154 valence electrons. The summed E-state index contributed by atoms with van der Waals surface area (Å²) in [6.45, 7) is 2.64. The first-order valence-corrected chi connectivity index (χ1v) is 10.7. The molecule has 0 aliphatic carbocycles. The van der Waals surface area contributed by atoms with Crippen LogP contribution in [0.25, 0.3) is 0 Å². The topological polar surface area (TPSA) is 104 Å². The molecule has 9 heteroatoms. The molecule has 3 N–H and O–H groups in total. The molecule has 1 fully saturated rings. The van der Waals surface area contributed by atoms with Crippen LogP contribution >= 0.6 is 11.3 Å². The smallest absolute Gasteiger partial charge is 0.229 e. The highest BCUT2D eigenvalue weighted by molar-refractivity contribution is 7.13. The Balaban J connectivity index is 1.44. The summed E-state index contributed by atoms with van der Waals surface area (Å²) in [6.07, 6.45) is 8.42. The SMILES string of the molecule is O=C(C[C@H]1C=C[C@@H](NC(=O)CCN2CCCCC2)[C@H](CO)O1)Nc1nccs1. The van der Waals surface area contributed by atoms with Crippen molar-refractivity contribution in [3.8, 4) is 0 Å². The van der Waals surface area contributed by atoms with Gasteiger partial charge in [-0.1, -0.05) is 18.6 Å². The Kier molecular flexibility index (Phi) is 7.96. The Morgan fingerprint density at radius 3 is 2.79 bits per heavy atom. The van der Waals surface area contributed by atoms with Gasteiger partial charge in [0.1, 0.15) is 6.10 Å². The number of hydrogen-bond acceptors (Lipinski definition) is 7. The van der Waals surface area contributed by atoms with Crippen molar-refractivity contribution in [1.29, 1.82) is 0 Å². The first-order chi connectivity index (χ1) is 13.6. The maximum absolute atomic E-state index is 12.3. The van der Waals surface area contributed by atoms with Crippen LogP contribution < -0.4 is 10.6 Å². The van der Waals surface area contributed by atoms with E-state index in [1.165, 1.54) is 30.6 Å². The number of aromatic nitrogens is 1. The zero-order valence-electron chi connectivity index (χ0n) is 15.9. The molecule has 8 nitrogen and oxygen atoms in total. The third-order valence-electron chi connectivity index (χ3n) is 4.96. The second kappa shape index (κ2) is 10.7. The van der Waals surface area contributed by atoms with Gasteiger partial charge in [-0.15, -0.1) is 11.3 Å². The highest BCUT2D eigenvalue weighted by Gasteiger charge is 2.29. The number of aliphatic hydroxyl groups is 1. The minimum absolute atomic E-state index is 0.0535. The van der Waals surface area contributed by atoms with Crippen LogP contribution in [0.3, 0.4) is 0 Å². The molecule has 28 heavy (non-hydrogen) atoms. The van der Waals surface area contributed by atoms with E-state index in [0.29, 0.717) is 11.6 Å². The molecule has 1 saturated heterocycles. The predicted octanol–water partition coefficient (Wildman–Crippen LogP) is 1.15. The lowest BCUT2D eigenvalue weighted by Gasteiger charge is -2.32. The van der Waals surface area contributed by atoms with Gasteiger partial charge in [0.15, 0.2) is 5.13 Å².